The number of aliphatic hydroxyl groups is 2. The van der Waals surface area contributed by atoms with Crippen molar-refractivity contribution >= 4 is 0 Å². The first-order valence-electron chi connectivity index (χ1n) is 5.09. The van der Waals surface area contributed by atoms with Crippen LogP contribution in [-0.2, 0) is 5.41 Å². The number of nitrogens with two attached hydrogens (primary N) is 1. The smallest absolute Gasteiger partial charge is 0.0624 e. The molecule has 0 bridgehead atoms. The lowest BCUT2D eigenvalue weighted by Gasteiger charge is -2.23. The number of hydrogen-bond donors (Lipinski definition) is 3. The molecule has 0 saturated carbocycles. The van der Waals surface area contributed by atoms with E-state index in [1.807, 2.05) is 38.1 Å². The minimum atomic E-state index is -0.348. The van der Waals surface area contributed by atoms with Crippen LogP contribution in [-0.4, -0.2) is 23.4 Å². The van der Waals surface area contributed by atoms with E-state index in [0.29, 0.717) is 0 Å². The summed E-state index contributed by atoms with van der Waals surface area (Å²) in [6.07, 6.45) is 0. The van der Waals surface area contributed by atoms with Crippen molar-refractivity contribution in [3.05, 3.63) is 35.4 Å². The minimum Gasteiger partial charge on any atom is -0.395 e. The van der Waals surface area contributed by atoms with Crippen molar-refractivity contribution in [1.82, 2.24) is 0 Å². The normalized spacial score (nSPS) is 13.9. The van der Waals surface area contributed by atoms with Crippen LogP contribution in [0.25, 0.3) is 0 Å². The summed E-state index contributed by atoms with van der Waals surface area (Å²) in [4.78, 5) is 0. The highest BCUT2D eigenvalue weighted by molar-refractivity contribution is 5.31. The average molecular weight is 209 g/mol. The third-order valence-electron chi connectivity index (χ3n) is 2.69. The van der Waals surface area contributed by atoms with Crippen LogP contribution >= 0.6 is 0 Å². The van der Waals surface area contributed by atoms with Gasteiger partial charge in [-0.3, -0.25) is 0 Å². The van der Waals surface area contributed by atoms with Gasteiger partial charge in [-0.25, -0.2) is 0 Å². The Bertz CT molecular complexity index is 323. The summed E-state index contributed by atoms with van der Waals surface area (Å²) in [6.45, 7) is 3.96. The quantitative estimate of drug-likeness (QED) is 0.691. The van der Waals surface area contributed by atoms with E-state index in [2.05, 4.69) is 0 Å². The zero-order chi connectivity index (χ0) is 11.5. The van der Waals surface area contributed by atoms with Crippen molar-refractivity contribution in [1.29, 1.82) is 0 Å². The first-order valence-corrected chi connectivity index (χ1v) is 5.09. The summed E-state index contributed by atoms with van der Waals surface area (Å²) in [7, 11) is 0. The highest BCUT2D eigenvalue weighted by Crippen LogP contribution is 2.24. The van der Waals surface area contributed by atoms with Gasteiger partial charge in [0.25, 0.3) is 0 Å². The lowest BCUT2D eigenvalue weighted by atomic mass is 9.84. The second kappa shape index (κ2) is 4.75. The van der Waals surface area contributed by atoms with Crippen LogP contribution in [0.1, 0.15) is 31.0 Å². The Morgan fingerprint density at radius 3 is 2.53 bits per heavy atom. The Balaban J connectivity index is 3.02. The van der Waals surface area contributed by atoms with E-state index in [4.69, 9.17) is 10.8 Å². The lowest BCUT2D eigenvalue weighted by Crippen LogP contribution is -2.23. The Kier molecular flexibility index (Phi) is 3.85. The summed E-state index contributed by atoms with van der Waals surface area (Å²) in [5.41, 5.74) is 7.40. The molecule has 0 radical (unpaired) electrons. The maximum Gasteiger partial charge on any atom is 0.0624 e. The third kappa shape index (κ3) is 2.78. The molecule has 0 heterocycles. The van der Waals surface area contributed by atoms with Gasteiger partial charge < -0.3 is 15.9 Å². The van der Waals surface area contributed by atoms with Gasteiger partial charge in [-0.2, -0.15) is 0 Å². The van der Waals surface area contributed by atoms with Crippen LogP contribution in [0.5, 0.6) is 0 Å². The van der Waals surface area contributed by atoms with E-state index in [1.54, 1.807) is 0 Å². The molecule has 1 aromatic rings. The number of aliphatic hydroxyl groups excluding tert-OH is 2. The van der Waals surface area contributed by atoms with Gasteiger partial charge in [-0.1, -0.05) is 38.1 Å². The largest absolute Gasteiger partial charge is 0.395 e. The molecule has 1 atom stereocenters. The molecule has 15 heavy (non-hydrogen) atoms. The fraction of sp³-hybridized carbons (Fsp3) is 0.500. The highest BCUT2D eigenvalue weighted by atomic mass is 16.3. The lowest BCUT2D eigenvalue weighted by molar-refractivity contribution is 0.218. The number of benzene rings is 1. The van der Waals surface area contributed by atoms with Crippen LogP contribution in [0, 0.1) is 0 Å². The molecule has 0 aliphatic rings. The fourth-order valence-corrected chi connectivity index (χ4v) is 1.39. The Hall–Kier alpha value is -0.900. The van der Waals surface area contributed by atoms with Gasteiger partial charge in [0.1, 0.15) is 0 Å². The van der Waals surface area contributed by atoms with Crippen LogP contribution in [0.2, 0.25) is 0 Å². The Morgan fingerprint density at radius 2 is 2.00 bits per heavy atom. The van der Waals surface area contributed by atoms with E-state index in [-0.39, 0.29) is 24.7 Å². The molecule has 4 N–H and O–H groups in total. The van der Waals surface area contributed by atoms with E-state index in [1.165, 1.54) is 0 Å². The van der Waals surface area contributed by atoms with Crippen LogP contribution < -0.4 is 5.73 Å². The molecule has 3 nitrogen and oxygen atoms in total. The molecule has 0 aromatic heterocycles. The molecule has 1 unspecified atom stereocenters. The standard InChI is InChI=1S/C12H19NO2/c1-12(2,8-15)10-5-3-4-9(6-10)11(13)7-14/h3-6,11,14-15H,7-8,13H2,1-2H3. The second-order valence-electron chi connectivity index (χ2n) is 4.46. The Labute approximate surface area is 90.5 Å². The summed E-state index contributed by atoms with van der Waals surface area (Å²) >= 11 is 0. The molecule has 84 valence electrons. The van der Waals surface area contributed by atoms with Gasteiger partial charge in [-0.15, -0.1) is 0 Å². The third-order valence-corrected chi connectivity index (χ3v) is 2.69. The Morgan fingerprint density at radius 1 is 1.33 bits per heavy atom. The van der Waals surface area contributed by atoms with Gasteiger partial charge in [-0.05, 0) is 11.1 Å². The molecular weight excluding hydrogens is 190 g/mol. The average Bonchev–Trinajstić information content (AvgIpc) is 2.28. The van der Waals surface area contributed by atoms with Crippen molar-refractivity contribution in [3.8, 4) is 0 Å². The molecule has 0 amide bonds. The molecule has 0 fully saturated rings. The number of hydrogen-bond acceptors (Lipinski definition) is 3. The van der Waals surface area contributed by atoms with E-state index in [9.17, 15) is 5.11 Å². The molecule has 1 rings (SSSR count). The maximum absolute atomic E-state index is 9.25. The van der Waals surface area contributed by atoms with Crippen molar-refractivity contribution in [3.63, 3.8) is 0 Å². The summed E-state index contributed by atoms with van der Waals surface area (Å²) in [5, 5.41) is 18.2. The van der Waals surface area contributed by atoms with Gasteiger partial charge in [0.2, 0.25) is 0 Å². The van der Waals surface area contributed by atoms with E-state index in [0.717, 1.165) is 11.1 Å². The number of rotatable bonds is 4. The van der Waals surface area contributed by atoms with Crippen LogP contribution in [0.15, 0.2) is 24.3 Å². The molecular formula is C12H19NO2. The topological polar surface area (TPSA) is 66.5 Å². The van der Waals surface area contributed by atoms with Crippen molar-refractivity contribution in [2.24, 2.45) is 5.73 Å². The monoisotopic (exact) mass is 209 g/mol. The SMILES string of the molecule is CC(C)(CO)c1cccc(C(N)CO)c1. The predicted octanol–water partition coefficient (Wildman–Crippen LogP) is 0.949. The first-order chi connectivity index (χ1) is 7.01. The molecule has 0 spiro atoms. The van der Waals surface area contributed by atoms with Crippen molar-refractivity contribution in [2.75, 3.05) is 13.2 Å². The van der Waals surface area contributed by atoms with Crippen LogP contribution in [0.4, 0.5) is 0 Å². The summed E-state index contributed by atoms with van der Waals surface area (Å²) in [6, 6.07) is 7.34. The first kappa shape index (κ1) is 12.2. The zero-order valence-corrected chi connectivity index (χ0v) is 9.27. The maximum atomic E-state index is 9.25. The van der Waals surface area contributed by atoms with Gasteiger partial charge in [0.05, 0.1) is 19.3 Å². The highest BCUT2D eigenvalue weighted by Gasteiger charge is 2.20. The summed E-state index contributed by atoms with van der Waals surface area (Å²) in [5.74, 6) is 0. The van der Waals surface area contributed by atoms with Gasteiger partial charge >= 0.3 is 0 Å². The second-order valence-corrected chi connectivity index (χ2v) is 4.46. The van der Waals surface area contributed by atoms with Gasteiger partial charge in [0.15, 0.2) is 0 Å². The molecule has 0 aliphatic carbocycles. The van der Waals surface area contributed by atoms with E-state index < -0.39 is 0 Å². The van der Waals surface area contributed by atoms with Gasteiger partial charge in [0, 0.05) is 5.41 Å². The van der Waals surface area contributed by atoms with Crippen molar-refractivity contribution in [2.45, 2.75) is 25.3 Å². The van der Waals surface area contributed by atoms with E-state index >= 15 is 0 Å². The van der Waals surface area contributed by atoms with Crippen LogP contribution in [0.3, 0.4) is 0 Å². The fourth-order valence-electron chi connectivity index (χ4n) is 1.39. The molecule has 0 saturated heterocycles. The molecule has 0 aliphatic heterocycles. The molecule has 3 heteroatoms. The predicted molar refractivity (Wildman–Crippen MR) is 60.6 cm³/mol. The minimum absolute atomic E-state index is 0.0665. The van der Waals surface area contributed by atoms with Crippen molar-refractivity contribution < 1.29 is 10.2 Å². The zero-order valence-electron chi connectivity index (χ0n) is 9.27. The molecule has 1 aromatic carbocycles. The summed E-state index contributed by atoms with van der Waals surface area (Å²) < 4.78 is 0.